The van der Waals surface area contributed by atoms with Crippen molar-refractivity contribution in [3.8, 4) is 0 Å². The number of guanidine groups is 1. The maximum atomic E-state index is 6.18. The summed E-state index contributed by atoms with van der Waals surface area (Å²) >= 11 is 0. The van der Waals surface area contributed by atoms with Gasteiger partial charge in [0.1, 0.15) is 0 Å². The normalized spacial score (nSPS) is 21.0. The SMILES string of the molecule is CCNC(=NCc1ccc(C)cc1N(C)C)N1CCC(OCC2CCCCO2)CC1. The molecule has 168 valence electrons. The van der Waals surface area contributed by atoms with Gasteiger partial charge in [-0.1, -0.05) is 12.1 Å². The van der Waals surface area contributed by atoms with Gasteiger partial charge in [0, 0.05) is 46.0 Å². The number of hydrogen-bond donors (Lipinski definition) is 1. The van der Waals surface area contributed by atoms with E-state index in [0.29, 0.717) is 18.8 Å². The molecule has 0 spiro atoms. The van der Waals surface area contributed by atoms with E-state index >= 15 is 0 Å². The minimum absolute atomic E-state index is 0.302. The van der Waals surface area contributed by atoms with Crippen molar-refractivity contribution in [2.45, 2.75) is 64.7 Å². The van der Waals surface area contributed by atoms with Gasteiger partial charge in [-0.15, -0.1) is 0 Å². The molecule has 0 radical (unpaired) electrons. The average Bonchev–Trinajstić information content (AvgIpc) is 2.77. The lowest BCUT2D eigenvalue weighted by atomic mass is 10.1. The van der Waals surface area contributed by atoms with Crippen LogP contribution in [0.4, 0.5) is 5.69 Å². The van der Waals surface area contributed by atoms with Gasteiger partial charge >= 0.3 is 0 Å². The van der Waals surface area contributed by atoms with Crippen molar-refractivity contribution in [3.63, 3.8) is 0 Å². The molecule has 0 saturated carbocycles. The van der Waals surface area contributed by atoms with Crippen LogP contribution in [0.1, 0.15) is 50.2 Å². The van der Waals surface area contributed by atoms with Crippen LogP contribution < -0.4 is 10.2 Å². The second kappa shape index (κ2) is 11.6. The highest BCUT2D eigenvalue weighted by molar-refractivity contribution is 5.80. The molecule has 1 aromatic carbocycles. The smallest absolute Gasteiger partial charge is 0.194 e. The van der Waals surface area contributed by atoms with Crippen molar-refractivity contribution >= 4 is 11.6 Å². The number of benzene rings is 1. The molecule has 0 amide bonds. The zero-order chi connectivity index (χ0) is 21.3. The number of nitrogens with zero attached hydrogens (tertiary/aromatic N) is 3. The van der Waals surface area contributed by atoms with Crippen molar-refractivity contribution in [3.05, 3.63) is 29.3 Å². The molecule has 2 saturated heterocycles. The third kappa shape index (κ3) is 6.61. The Morgan fingerprint density at radius 3 is 2.70 bits per heavy atom. The molecular formula is C24H40N4O2. The summed E-state index contributed by atoms with van der Waals surface area (Å²) in [5, 5.41) is 3.48. The maximum absolute atomic E-state index is 6.18. The molecule has 3 rings (SSSR count). The van der Waals surface area contributed by atoms with E-state index in [0.717, 1.165) is 58.1 Å². The van der Waals surface area contributed by atoms with Crippen LogP contribution in [0, 0.1) is 6.92 Å². The Bertz CT molecular complexity index is 678. The van der Waals surface area contributed by atoms with Crippen LogP contribution in [0.5, 0.6) is 0 Å². The van der Waals surface area contributed by atoms with Crippen LogP contribution in [-0.4, -0.2) is 70.0 Å². The number of aliphatic imine (C=N–C) groups is 1. The number of anilines is 1. The first-order valence-electron chi connectivity index (χ1n) is 11.6. The first kappa shape index (κ1) is 22.9. The molecule has 2 aliphatic rings. The van der Waals surface area contributed by atoms with Crippen LogP contribution >= 0.6 is 0 Å². The molecule has 1 aromatic rings. The van der Waals surface area contributed by atoms with Gasteiger partial charge in [0.05, 0.1) is 25.4 Å². The fraction of sp³-hybridized carbons (Fsp3) is 0.708. The van der Waals surface area contributed by atoms with Crippen molar-refractivity contribution in [1.29, 1.82) is 0 Å². The number of piperidine rings is 1. The minimum atomic E-state index is 0.302. The van der Waals surface area contributed by atoms with Crippen molar-refractivity contribution < 1.29 is 9.47 Å². The van der Waals surface area contributed by atoms with E-state index in [2.05, 4.69) is 61.3 Å². The van der Waals surface area contributed by atoms with Crippen LogP contribution in [0.3, 0.4) is 0 Å². The van der Waals surface area contributed by atoms with E-state index in [1.54, 1.807) is 0 Å². The van der Waals surface area contributed by atoms with Crippen LogP contribution in [-0.2, 0) is 16.0 Å². The van der Waals surface area contributed by atoms with E-state index in [-0.39, 0.29) is 0 Å². The molecule has 1 unspecified atom stereocenters. The predicted molar refractivity (Wildman–Crippen MR) is 124 cm³/mol. The number of nitrogens with one attached hydrogen (secondary N) is 1. The van der Waals surface area contributed by atoms with E-state index in [1.807, 2.05) is 0 Å². The van der Waals surface area contributed by atoms with Gasteiger partial charge in [0.15, 0.2) is 5.96 Å². The Kier molecular flexibility index (Phi) is 8.82. The topological polar surface area (TPSA) is 49.3 Å². The Labute approximate surface area is 182 Å². The molecule has 0 aliphatic carbocycles. The van der Waals surface area contributed by atoms with E-state index < -0.39 is 0 Å². The van der Waals surface area contributed by atoms with E-state index in [4.69, 9.17) is 14.5 Å². The molecule has 2 aliphatic heterocycles. The van der Waals surface area contributed by atoms with Gasteiger partial charge in [-0.2, -0.15) is 0 Å². The van der Waals surface area contributed by atoms with Gasteiger partial charge in [0.2, 0.25) is 0 Å². The Hall–Kier alpha value is -1.79. The quantitative estimate of drug-likeness (QED) is 0.544. The molecule has 2 heterocycles. The van der Waals surface area contributed by atoms with Gasteiger partial charge in [-0.05, 0) is 63.1 Å². The largest absolute Gasteiger partial charge is 0.377 e. The number of ether oxygens (including phenoxy) is 2. The summed E-state index contributed by atoms with van der Waals surface area (Å²) in [5.74, 6) is 1.01. The fourth-order valence-corrected chi connectivity index (χ4v) is 4.23. The molecule has 1 atom stereocenters. The molecule has 0 aromatic heterocycles. The molecule has 6 heteroatoms. The summed E-state index contributed by atoms with van der Waals surface area (Å²) in [6.45, 7) is 9.44. The Balaban J connectivity index is 1.54. The summed E-state index contributed by atoms with van der Waals surface area (Å²) in [4.78, 5) is 9.52. The van der Waals surface area contributed by atoms with Gasteiger partial charge < -0.3 is 24.6 Å². The summed E-state index contributed by atoms with van der Waals surface area (Å²) in [6, 6.07) is 6.60. The number of rotatable bonds is 7. The van der Waals surface area contributed by atoms with Crippen molar-refractivity contribution in [1.82, 2.24) is 10.2 Å². The third-order valence-electron chi connectivity index (χ3n) is 5.99. The van der Waals surface area contributed by atoms with Gasteiger partial charge in [0.25, 0.3) is 0 Å². The number of likely N-dealkylation sites (tertiary alicyclic amines) is 1. The van der Waals surface area contributed by atoms with E-state index in [1.165, 1.54) is 29.7 Å². The number of hydrogen-bond acceptors (Lipinski definition) is 4. The first-order valence-corrected chi connectivity index (χ1v) is 11.6. The lowest BCUT2D eigenvalue weighted by molar-refractivity contribution is -0.0721. The van der Waals surface area contributed by atoms with Crippen LogP contribution in [0.2, 0.25) is 0 Å². The van der Waals surface area contributed by atoms with Crippen LogP contribution in [0.15, 0.2) is 23.2 Å². The Morgan fingerprint density at radius 2 is 2.03 bits per heavy atom. The molecular weight excluding hydrogens is 376 g/mol. The first-order chi connectivity index (χ1) is 14.6. The van der Waals surface area contributed by atoms with E-state index in [9.17, 15) is 0 Å². The summed E-state index contributed by atoms with van der Waals surface area (Å²) in [7, 11) is 4.19. The minimum Gasteiger partial charge on any atom is -0.377 e. The maximum Gasteiger partial charge on any atom is 0.194 e. The predicted octanol–water partition coefficient (Wildman–Crippen LogP) is 3.58. The summed E-state index contributed by atoms with van der Waals surface area (Å²) < 4.78 is 12.0. The Morgan fingerprint density at radius 1 is 1.23 bits per heavy atom. The van der Waals surface area contributed by atoms with Gasteiger partial charge in [-0.3, -0.25) is 0 Å². The van der Waals surface area contributed by atoms with Gasteiger partial charge in [-0.25, -0.2) is 4.99 Å². The highest BCUT2D eigenvalue weighted by Crippen LogP contribution is 2.22. The molecule has 6 nitrogen and oxygen atoms in total. The molecule has 30 heavy (non-hydrogen) atoms. The summed E-state index contributed by atoms with van der Waals surface area (Å²) in [6.07, 6.45) is 6.34. The second-order valence-corrected chi connectivity index (χ2v) is 8.71. The fourth-order valence-electron chi connectivity index (χ4n) is 4.23. The zero-order valence-corrected chi connectivity index (χ0v) is 19.3. The molecule has 0 bridgehead atoms. The van der Waals surface area contributed by atoms with Crippen molar-refractivity contribution in [2.24, 2.45) is 4.99 Å². The highest BCUT2D eigenvalue weighted by atomic mass is 16.5. The summed E-state index contributed by atoms with van der Waals surface area (Å²) in [5.41, 5.74) is 3.78. The lowest BCUT2D eigenvalue weighted by Gasteiger charge is -2.35. The monoisotopic (exact) mass is 416 g/mol. The van der Waals surface area contributed by atoms with Crippen molar-refractivity contribution in [2.75, 3.05) is 51.8 Å². The zero-order valence-electron chi connectivity index (χ0n) is 19.3. The second-order valence-electron chi connectivity index (χ2n) is 8.71. The third-order valence-corrected chi connectivity index (χ3v) is 5.99. The lowest BCUT2D eigenvalue weighted by Crippen LogP contribution is -2.47. The highest BCUT2D eigenvalue weighted by Gasteiger charge is 2.23. The number of aryl methyl sites for hydroxylation is 1. The standard InChI is InChI=1S/C24H40N4O2/c1-5-25-24(26-17-20-10-9-19(2)16-23(20)27(3)4)28-13-11-21(12-14-28)30-18-22-8-6-7-15-29-22/h9-10,16,21-22H,5-8,11-15,17-18H2,1-4H3,(H,25,26). The average molecular weight is 417 g/mol. The molecule has 1 N–H and O–H groups in total. The van der Waals surface area contributed by atoms with Crippen LogP contribution in [0.25, 0.3) is 0 Å². The molecule has 2 fully saturated rings.